The molecule has 0 radical (unpaired) electrons. The van der Waals surface area contributed by atoms with Crippen molar-refractivity contribution in [1.29, 1.82) is 0 Å². The molecule has 0 unspecified atom stereocenters. The lowest BCUT2D eigenvalue weighted by molar-refractivity contribution is -0.119. The van der Waals surface area contributed by atoms with Crippen LogP contribution in [0.4, 0.5) is 5.69 Å². The minimum absolute atomic E-state index is 0.0638. The molecule has 0 bridgehead atoms. The number of methoxy groups -OCH3 is 1. The predicted molar refractivity (Wildman–Crippen MR) is 82.4 cm³/mol. The van der Waals surface area contributed by atoms with E-state index in [2.05, 4.69) is 15.6 Å². The van der Waals surface area contributed by atoms with Gasteiger partial charge >= 0.3 is 5.97 Å². The quantitative estimate of drug-likeness (QED) is 0.792. The molecule has 0 saturated carbocycles. The van der Waals surface area contributed by atoms with Crippen LogP contribution in [0.15, 0.2) is 48.8 Å². The fraction of sp³-hybridized carbons (Fsp3) is 0.188. The Morgan fingerprint density at radius 2 is 2.00 bits per heavy atom. The average molecular weight is 299 g/mol. The number of para-hydroxylation sites is 1. The van der Waals surface area contributed by atoms with Gasteiger partial charge in [0.25, 0.3) is 0 Å². The zero-order valence-corrected chi connectivity index (χ0v) is 12.2. The maximum absolute atomic E-state index is 11.8. The monoisotopic (exact) mass is 299 g/mol. The molecule has 6 heteroatoms. The van der Waals surface area contributed by atoms with Crippen LogP contribution in [0.25, 0.3) is 0 Å². The fourth-order valence-electron chi connectivity index (χ4n) is 1.87. The van der Waals surface area contributed by atoms with Crippen LogP contribution in [-0.2, 0) is 16.1 Å². The van der Waals surface area contributed by atoms with E-state index >= 15 is 0 Å². The van der Waals surface area contributed by atoms with Gasteiger partial charge in [-0.2, -0.15) is 0 Å². The molecule has 2 aromatic rings. The molecule has 0 atom stereocenters. The molecule has 0 aliphatic carbocycles. The van der Waals surface area contributed by atoms with E-state index in [1.165, 1.54) is 7.11 Å². The van der Waals surface area contributed by atoms with Crippen molar-refractivity contribution in [1.82, 2.24) is 10.3 Å². The number of aromatic nitrogens is 1. The molecule has 0 aliphatic rings. The third-order valence-electron chi connectivity index (χ3n) is 2.98. The molecule has 2 N–H and O–H groups in total. The van der Waals surface area contributed by atoms with Gasteiger partial charge in [-0.15, -0.1) is 0 Å². The molecule has 0 spiro atoms. The van der Waals surface area contributed by atoms with Crippen molar-refractivity contribution in [2.75, 3.05) is 19.0 Å². The number of nitrogens with one attached hydrogen (secondary N) is 2. The number of pyridine rings is 1. The summed E-state index contributed by atoms with van der Waals surface area (Å²) in [6, 6.07) is 10.6. The number of ether oxygens (including phenoxy) is 1. The Bertz CT molecular complexity index is 644. The molecular weight excluding hydrogens is 282 g/mol. The van der Waals surface area contributed by atoms with Crippen LogP contribution in [0.3, 0.4) is 0 Å². The molecular formula is C16H17N3O3. The Kier molecular flexibility index (Phi) is 5.48. The first-order chi connectivity index (χ1) is 10.7. The number of esters is 1. The molecule has 2 rings (SSSR count). The van der Waals surface area contributed by atoms with E-state index in [0.29, 0.717) is 17.8 Å². The number of carbonyl (C=O) groups is 2. The van der Waals surface area contributed by atoms with E-state index < -0.39 is 5.97 Å². The number of hydrogen-bond acceptors (Lipinski definition) is 5. The maximum Gasteiger partial charge on any atom is 0.339 e. The van der Waals surface area contributed by atoms with Gasteiger partial charge in [0.1, 0.15) is 0 Å². The molecule has 0 fully saturated rings. The summed E-state index contributed by atoms with van der Waals surface area (Å²) in [5.74, 6) is -0.623. The van der Waals surface area contributed by atoms with Crippen molar-refractivity contribution in [3.63, 3.8) is 0 Å². The van der Waals surface area contributed by atoms with Gasteiger partial charge < -0.3 is 15.4 Å². The summed E-state index contributed by atoms with van der Waals surface area (Å²) in [7, 11) is 1.32. The summed E-state index contributed by atoms with van der Waals surface area (Å²) < 4.78 is 4.70. The highest BCUT2D eigenvalue weighted by Gasteiger charge is 2.11. The molecule has 0 saturated heterocycles. The first kappa shape index (κ1) is 15.5. The Hall–Kier alpha value is -2.89. The van der Waals surface area contributed by atoms with Crippen molar-refractivity contribution >= 4 is 17.6 Å². The number of carbonyl (C=O) groups excluding carboxylic acids is 2. The zero-order chi connectivity index (χ0) is 15.8. The first-order valence-corrected chi connectivity index (χ1v) is 6.77. The molecule has 22 heavy (non-hydrogen) atoms. The Morgan fingerprint density at radius 1 is 1.18 bits per heavy atom. The third-order valence-corrected chi connectivity index (χ3v) is 2.98. The van der Waals surface area contributed by atoms with Crippen molar-refractivity contribution in [2.24, 2.45) is 0 Å². The molecule has 1 heterocycles. The summed E-state index contributed by atoms with van der Waals surface area (Å²) in [5.41, 5.74) is 1.88. The summed E-state index contributed by atoms with van der Waals surface area (Å²) in [5, 5.41) is 5.71. The second kappa shape index (κ2) is 7.78. The van der Waals surface area contributed by atoms with Gasteiger partial charge in [0.15, 0.2) is 0 Å². The van der Waals surface area contributed by atoms with Crippen molar-refractivity contribution < 1.29 is 14.3 Å². The molecule has 0 aliphatic heterocycles. The Morgan fingerprint density at radius 3 is 2.73 bits per heavy atom. The van der Waals surface area contributed by atoms with Gasteiger partial charge in [0.2, 0.25) is 5.91 Å². The number of anilines is 1. The van der Waals surface area contributed by atoms with Crippen molar-refractivity contribution in [2.45, 2.75) is 6.54 Å². The van der Waals surface area contributed by atoms with Gasteiger partial charge in [0, 0.05) is 24.6 Å². The number of nitrogens with zero attached hydrogens (tertiary/aromatic N) is 1. The standard InChI is InChI=1S/C16H17N3O3/c1-22-16(21)13-6-2-3-7-14(13)18-11-15(20)19-10-12-5-4-8-17-9-12/h2-9,18H,10-11H2,1H3,(H,19,20). The van der Waals surface area contributed by atoms with Crippen LogP contribution in [0, 0.1) is 0 Å². The number of rotatable bonds is 6. The van der Waals surface area contributed by atoms with Crippen LogP contribution in [0.5, 0.6) is 0 Å². The van der Waals surface area contributed by atoms with E-state index in [0.717, 1.165) is 5.56 Å². The van der Waals surface area contributed by atoms with Crippen LogP contribution in [0.1, 0.15) is 15.9 Å². The molecule has 6 nitrogen and oxygen atoms in total. The first-order valence-electron chi connectivity index (χ1n) is 6.77. The SMILES string of the molecule is COC(=O)c1ccccc1NCC(=O)NCc1cccnc1. The van der Waals surface area contributed by atoms with Crippen LogP contribution in [-0.4, -0.2) is 30.5 Å². The lowest BCUT2D eigenvalue weighted by Crippen LogP contribution is -2.29. The van der Waals surface area contributed by atoms with Crippen LogP contribution in [0.2, 0.25) is 0 Å². The largest absolute Gasteiger partial charge is 0.465 e. The topological polar surface area (TPSA) is 80.3 Å². The zero-order valence-electron chi connectivity index (χ0n) is 12.2. The van der Waals surface area contributed by atoms with E-state index in [1.54, 1.807) is 36.7 Å². The van der Waals surface area contributed by atoms with Gasteiger partial charge in [-0.3, -0.25) is 9.78 Å². The second-order valence-electron chi connectivity index (χ2n) is 4.53. The maximum atomic E-state index is 11.8. The van der Waals surface area contributed by atoms with E-state index in [4.69, 9.17) is 4.74 Å². The summed E-state index contributed by atoms with van der Waals surface area (Å²) in [4.78, 5) is 27.4. The fourth-order valence-corrected chi connectivity index (χ4v) is 1.87. The highest BCUT2D eigenvalue weighted by molar-refractivity contribution is 5.96. The van der Waals surface area contributed by atoms with E-state index in [1.807, 2.05) is 12.1 Å². The number of hydrogen-bond donors (Lipinski definition) is 2. The smallest absolute Gasteiger partial charge is 0.339 e. The van der Waals surface area contributed by atoms with Gasteiger partial charge in [0.05, 0.1) is 19.2 Å². The van der Waals surface area contributed by atoms with Crippen LogP contribution < -0.4 is 10.6 Å². The Labute approximate surface area is 128 Å². The highest BCUT2D eigenvalue weighted by Crippen LogP contribution is 2.15. The second-order valence-corrected chi connectivity index (χ2v) is 4.53. The van der Waals surface area contributed by atoms with Crippen molar-refractivity contribution in [3.8, 4) is 0 Å². The Balaban J connectivity index is 1.87. The highest BCUT2D eigenvalue weighted by atomic mass is 16.5. The third kappa shape index (κ3) is 4.31. The lowest BCUT2D eigenvalue weighted by Gasteiger charge is -2.10. The average Bonchev–Trinajstić information content (AvgIpc) is 2.58. The minimum atomic E-state index is -0.445. The lowest BCUT2D eigenvalue weighted by atomic mass is 10.2. The number of benzene rings is 1. The molecule has 114 valence electrons. The van der Waals surface area contributed by atoms with Gasteiger partial charge in [-0.05, 0) is 23.8 Å². The normalized spacial score (nSPS) is 9.86. The summed E-state index contributed by atoms with van der Waals surface area (Å²) in [6.45, 7) is 0.473. The number of amides is 1. The van der Waals surface area contributed by atoms with E-state index in [9.17, 15) is 9.59 Å². The molecule has 1 amide bonds. The molecule has 1 aromatic heterocycles. The predicted octanol–water partition coefficient (Wildman–Crippen LogP) is 1.60. The van der Waals surface area contributed by atoms with Crippen LogP contribution >= 0.6 is 0 Å². The minimum Gasteiger partial charge on any atom is -0.465 e. The van der Waals surface area contributed by atoms with Gasteiger partial charge in [-0.25, -0.2) is 4.79 Å². The summed E-state index contributed by atoms with van der Waals surface area (Å²) >= 11 is 0. The van der Waals surface area contributed by atoms with E-state index in [-0.39, 0.29) is 12.5 Å². The van der Waals surface area contributed by atoms with Gasteiger partial charge in [-0.1, -0.05) is 18.2 Å². The summed E-state index contributed by atoms with van der Waals surface area (Å²) in [6.07, 6.45) is 3.37. The molecule has 1 aromatic carbocycles. The van der Waals surface area contributed by atoms with Crippen molar-refractivity contribution in [3.05, 3.63) is 59.9 Å².